The standard InChI is InChI=1S/C17H22N4O2/c1-23-16-8-4-7-15(10-16)21-12-14(19-20-21)11-18-17(22)9-13-5-2-3-6-13/h4,7-8,10,12-13H,2-3,5-6,9,11H2,1H3,(H,18,22). The molecule has 23 heavy (non-hydrogen) atoms. The van der Waals surface area contributed by atoms with Crippen LogP contribution in [0.4, 0.5) is 0 Å². The molecule has 1 aromatic heterocycles. The third-order valence-corrected chi connectivity index (χ3v) is 4.27. The van der Waals surface area contributed by atoms with Crippen molar-refractivity contribution in [2.75, 3.05) is 7.11 Å². The van der Waals surface area contributed by atoms with Gasteiger partial charge in [-0.15, -0.1) is 5.10 Å². The molecule has 0 spiro atoms. The lowest BCUT2D eigenvalue weighted by Gasteiger charge is -2.08. The van der Waals surface area contributed by atoms with Gasteiger partial charge in [0.15, 0.2) is 0 Å². The average Bonchev–Trinajstić information content (AvgIpc) is 3.24. The number of carbonyl (C=O) groups is 1. The summed E-state index contributed by atoms with van der Waals surface area (Å²) in [5.41, 5.74) is 1.62. The van der Waals surface area contributed by atoms with Crippen LogP contribution in [0, 0.1) is 5.92 Å². The minimum absolute atomic E-state index is 0.104. The van der Waals surface area contributed by atoms with Crippen LogP contribution < -0.4 is 10.1 Å². The maximum atomic E-state index is 12.0. The third-order valence-electron chi connectivity index (χ3n) is 4.27. The van der Waals surface area contributed by atoms with Crippen LogP contribution in [0.15, 0.2) is 30.5 Å². The highest BCUT2D eigenvalue weighted by atomic mass is 16.5. The summed E-state index contributed by atoms with van der Waals surface area (Å²) in [5.74, 6) is 1.43. The number of ether oxygens (including phenoxy) is 1. The smallest absolute Gasteiger partial charge is 0.220 e. The van der Waals surface area contributed by atoms with Crippen LogP contribution in [0.1, 0.15) is 37.8 Å². The summed E-state index contributed by atoms with van der Waals surface area (Å²) in [5, 5.41) is 11.1. The van der Waals surface area contributed by atoms with Gasteiger partial charge in [0, 0.05) is 12.5 Å². The van der Waals surface area contributed by atoms with Gasteiger partial charge in [-0.1, -0.05) is 24.1 Å². The van der Waals surface area contributed by atoms with Gasteiger partial charge >= 0.3 is 0 Å². The van der Waals surface area contributed by atoms with Crippen molar-refractivity contribution in [2.24, 2.45) is 5.92 Å². The first-order valence-electron chi connectivity index (χ1n) is 8.07. The molecule has 1 aliphatic rings. The van der Waals surface area contributed by atoms with Gasteiger partial charge in [0.1, 0.15) is 11.4 Å². The summed E-state index contributed by atoms with van der Waals surface area (Å²) in [6.07, 6.45) is 7.33. The molecule has 1 fully saturated rings. The van der Waals surface area contributed by atoms with Crippen LogP contribution in [0.3, 0.4) is 0 Å². The molecule has 3 rings (SSSR count). The molecule has 122 valence electrons. The molecule has 1 aliphatic carbocycles. The molecular weight excluding hydrogens is 292 g/mol. The van der Waals surface area contributed by atoms with E-state index in [1.165, 1.54) is 25.7 Å². The Balaban J connectivity index is 1.55. The zero-order valence-corrected chi connectivity index (χ0v) is 13.4. The molecular formula is C17H22N4O2. The number of nitrogens with one attached hydrogen (secondary N) is 1. The first-order valence-corrected chi connectivity index (χ1v) is 8.07. The Morgan fingerprint density at radius 3 is 3.00 bits per heavy atom. The zero-order chi connectivity index (χ0) is 16.1. The van der Waals surface area contributed by atoms with Crippen molar-refractivity contribution < 1.29 is 9.53 Å². The Bertz CT molecular complexity index is 662. The Hall–Kier alpha value is -2.37. The molecule has 0 atom stereocenters. The number of amides is 1. The monoisotopic (exact) mass is 314 g/mol. The van der Waals surface area contributed by atoms with Gasteiger partial charge in [-0.2, -0.15) is 0 Å². The van der Waals surface area contributed by atoms with Gasteiger partial charge in [-0.3, -0.25) is 4.79 Å². The normalized spacial score (nSPS) is 14.8. The summed E-state index contributed by atoms with van der Waals surface area (Å²) in [4.78, 5) is 12.0. The van der Waals surface area contributed by atoms with Crippen LogP contribution in [0.25, 0.3) is 5.69 Å². The van der Waals surface area contributed by atoms with E-state index in [-0.39, 0.29) is 5.91 Å². The van der Waals surface area contributed by atoms with E-state index in [9.17, 15) is 4.79 Å². The molecule has 0 radical (unpaired) electrons. The third kappa shape index (κ3) is 4.09. The molecule has 6 nitrogen and oxygen atoms in total. The van der Waals surface area contributed by atoms with Crippen molar-refractivity contribution in [1.82, 2.24) is 20.3 Å². The lowest BCUT2D eigenvalue weighted by atomic mass is 10.0. The van der Waals surface area contributed by atoms with Crippen molar-refractivity contribution in [3.8, 4) is 11.4 Å². The SMILES string of the molecule is COc1cccc(-n2cc(CNC(=O)CC3CCCC3)nn2)c1. The highest BCUT2D eigenvalue weighted by Crippen LogP contribution is 2.27. The van der Waals surface area contributed by atoms with Gasteiger partial charge < -0.3 is 10.1 Å². The highest BCUT2D eigenvalue weighted by Gasteiger charge is 2.18. The number of aromatic nitrogens is 3. The van der Waals surface area contributed by atoms with Crippen LogP contribution in [-0.2, 0) is 11.3 Å². The first-order chi connectivity index (χ1) is 11.2. The largest absolute Gasteiger partial charge is 0.497 e. The predicted octanol–water partition coefficient (Wildman–Crippen LogP) is 2.47. The fraction of sp³-hybridized carbons (Fsp3) is 0.471. The van der Waals surface area contributed by atoms with Crippen molar-refractivity contribution >= 4 is 5.91 Å². The molecule has 2 aromatic rings. The van der Waals surface area contributed by atoms with E-state index in [0.29, 0.717) is 18.9 Å². The van der Waals surface area contributed by atoms with Gasteiger partial charge in [0.05, 0.1) is 25.5 Å². The lowest BCUT2D eigenvalue weighted by molar-refractivity contribution is -0.122. The molecule has 0 saturated heterocycles. The van der Waals surface area contributed by atoms with E-state index in [0.717, 1.165) is 17.1 Å². The molecule has 1 aromatic carbocycles. The number of hydrogen-bond donors (Lipinski definition) is 1. The van der Waals surface area contributed by atoms with E-state index in [1.54, 1.807) is 11.8 Å². The van der Waals surface area contributed by atoms with Crippen LogP contribution in [0.5, 0.6) is 5.75 Å². The minimum Gasteiger partial charge on any atom is -0.497 e. The van der Waals surface area contributed by atoms with Crippen LogP contribution in [-0.4, -0.2) is 28.0 Å². The molecule has 0 aliphatic heterocycles. The fourth-order valence-electron chi connectivity index (χ4n) is 3.00. The maximum absolute atomic E-state index is 12.0. The maximum Gasteiger partial charge on any atom is 0.220 e. The number of carbonyl (C=O) groups excluding carboxylic acids is 1. The van der Waals surface area contributed by atoms with E-state index in [1.807, 2.05) is 30.5 Å². The first kappa shape index (κ1) is 15.5. The number of benzene rings is 1. The number of rotatable bonds is 6. The Morgan fingerprint density at radius 1 is 1.39 bits per heavy atom. The summed E-state index contributed by atoms with van der Waals surface area (Å²) in [6.45, 7) is 0.412. The average molecular weight is 314 g/mol. The van der Waals surface area contributed by atoms with Crippen molar-refractivity contribution in [3.05, 3.63) is 36.2 Å². The number of hydrogen-bond acceptors (Lipinski definition) is 4. The Labute approximate surface area is 135 Å². The minimum atomic E-state index is 0.104. The van der Waals surface area contributed by atoms with Gasteiger partial charge in [-0.25, -0.2) is 4.68 Å². The summed E-state index contributed by atoms with van der Waals surface area (Å²) >= 11 is 0. The Morgan fingerprint density at radius 2 is 2.22 bits per heavy atom. The second-order valence-electron chi connectivity index (χ2n) is 5.99. The number of methoxy groups -OCH3 is 1. The molecule has 0 unspecified atom stereocenters. The highest BCUT2D eigenvalue weighted by molar-refractivity contribution is 5.76. The second kappa shape index (κ2) is 7.26. The summed E-state index contributed by atoms with van der Waals surface area (Å²) < 4.78 is 6.89. The van der Waals surface area contributed by atoms with Gasteiger partial charge in [0.25, 0.3) is 0 Å². The Kier molecular flexibility index (Phi) is 4.90. The van der Waals surface area contributed by atoms with Crippen LogP contribution >= 0.6 is 0 Å². The van der Waals surface area contributed by atoms with E-state index in [4.69, 9.17) is 4.74 Å². The lowest BCUT2D eigenvalue weighted by Crippen LogP contribution is -2.24. The number of nitrogens with zero attached hydrogens (tertiary/aromatic N) is 3. The topological polar surface area (TPSA) is 69.0 Å². The molecule has 0 bridgehead atoms. The molecule has 1 amide bonds. The summed E-state index contributed by atoms with van der Waals surface area (Å²) in [7, 11) is 1.63. The van der Waals surface area contributed by atoms with Crippen molar-refractivity contribution in [3.63, 3.8) is 0 Å². The predicted molar refractivity (Wildman–Crippen MR) is 86.3 cm³/mol. The van der Waals surface area contributed by atoms with E-state index in [2.05, 4.69) is 15.6 Å². The van der Waals surface area contributed by atoms with Crippen molar-refractivity contribution in [1.29, 1.82) is 0 Å². The summed E-state index contributed by atoms with van der Waals surface area (Å²) in [6, 6.07) is 7.60. The molecule has 1 saturated carbocycles. The van der Waals surface area contributed by atoms with Crippen molar-refractivity contribution in [2.45, 2.75) is 38.6 Å². The van der Waals surface area contributed by atoms with E-state index >= 15 is 0 Å². The van der Waals surface area contributed by atoms with Crippen LogP contribution in [0.2, 0.25) is 0 Å². The van der Waals surface area contributed by atoms with E-state index < -0.39 is 0 Å². The molecule has 6 heteroatoms. The molecule has 1 N–H and O–H groups in total. The quantitative estimate of drug-likeness (QED) is 0.889. The van der Waals surface area contributed by atoms with Gasteiger partial charge in [-0.05, 0) is 30.9 Å². The fourth-order valence-corrected chi connectivity index (χ4v) is 3.00. The van der Waals surface area contributed by atoms with Gasteiger partial charge in [0.2, 0.25) is 5.91 Å². The second-order valence-corrected chi connectivity index (χ2v) is 5.99. The zero-order valence-electron chi connectivity index (χ0n) is 13.4. The molecule has 1 heterocycles.